The smallest absolute Gasteiger partial charge is 0.217 e. The maximum absolute atomic E-state index is 6.52. The van der Waals surface area contributed by atoms with E-state index in [0.29, 0.717) is 0 Å². The first kappa shape index (κ1) is 19.2. The van der Waals surface area contributed by atoms with Crippen LogP contribution in [-0.4, -0.2) is 53.8 Å². The summed E-state index contributed by atoms with van der Waals surface area (Å²) in [7, 11) is -5.40. The van der Waals surface area contributed by atoms with Gasteiger partial charge in [-0.3, -0.25) is 0 Å². The second-order valence-corrected chi connectivity index (χ2v) is 24.9. The molecular formula is C12H28O3Si6. The molecule has 0 aliphatic rings. The lowest BCUT2D eigenvalue weighted by molar-refractivity contribution is 0.585. The second-order valence-electron chi connectivity index (χ2n) is 5.62. The largest absolute Gasteiger partial charge is 0.462 e. The molecule has 1 rings (SSSR count). The quantitative estimate of drug-likeness (QED) is 0.390. The summed E-state index contributed by atoms with van der Waals surface area (Å²) in [6.07, 6.45) is 0. The third kappa shape index (κ3) is 7.30. The highest BCUT2D eigenvalue weighted by atomic mass is 29.2. The van der Waals surface area contributed by atoms with E-state index in [1.165, 1.54) is 5.19 Å². The first-order chi connectivity index (χ1) is 9.98. The van der Waals surface area contributed by atoms with Crippen molar-refractivity contribution in [2.45, 2.75) is 26.2 Å². The summed E-state index contributed by atoms with van der Waals surface area (Å²) in [4.78, 5) is 0. The van der Waals surface area contributed by atoms with E-state index in [1.807, 2.05) is 5.70 Å². The van der Waals surface area contributed by atoms with Gasteiger partial charge in [0.1, 0.15) is 0 Å². The summed E-state index contributed by atoms with van der Waals surface area (Å²) in [5.41, 5.74) is 2.00. The van der Waals surface area contributed by atoms with Crippen molar-refractivity contribution in [3.05, 3.63) is 42.6 Å². The average Bonchev–Trinajstić information content (AvgIpc) is 2.50. The molecule has 118 valence electrons. The SMILES string of the molecule is C=C[SiH](C)O[SiH2][SiH2]O[Si](C)([SiH2]O[SiH](C)C)c1ccccc1. The lowest BCUT2D eigenvalue weighted by Gasteiger charge is -2.29. The van der Waals surface area contributed by atoms with Gasteiger partial charge in [0.25, 0.3) is 0 Å². The molecule has 3 nitrogen and oxygen atoms in total. The van der Waals surface area contributed by atoms with Gasteiger partial charge in [0.2, 0.25) is 7.83 Å². The average molecular weight is 389 g/mol. The molecule has 0 N–H and O–H groups in total. The van der Waals surface area contributed by atoms with Crippen molar-refractivity contribution in [1.29, 1.82) is 0 Å². The molecule has 0 bridgehead atoms. The molecule has 9 heteroatoms. The molecule has 0 amide bonds. The minimum atomic E-state index is -1.81. The highest BCUT2D eigenvalue weighted by Gasteiger charge is 2.32. The molecule has 0 aliphatic heterocycles. The Bertz CT molecular complexity index is 419. The van der Waals surface area contributed by atoms with Gasteiger partial charge in [-0.25, -0.2) is 0 Å². The number of benzene rings is 1. The van der Waals surface area contributed by atoms with Crippen LogP contribution in [0.3, 0.4) is 0 Å². The van der Waals surface area contributed by atoms with E-state index in [2.05, 4.69) is 63.1 Å². The van der Waals surface area contributed by atoms with Crippen LogP contribution < -0.4 is 5.19 Å². The summed E-state index contributed by atoms with van der Waals surface area (Å²) in [6, 6.07) is 10.8. The van der Waals surface area contributed by atoms with Crippen LogP contribution in [0.1, 0.15) is 0 Å². The zero-order chi connectivity index (χ0) is 15.7. The number of rotatable bonds is 10. The van der Waals surface area contributed by atoms with Gasteiger partial charge in [-0.1, -0.05) is 36.0 Å². The molecular weight excluding hydrogens is 361 g/mol. The van der Waals surface area contributed by atoms with Crippen molar-refractivity contribution in [1.82, 2.24) is 0 Å². The van der Waals surface area contributed by atoms with Crippen LogP contribution in [0.4, 0.5) is 0 Å². The molecule has 2 atom stereocenters. The maximum atomic E-state index is 6.52. The number of hydrogen-bond acceptors (Lipinski definition) is 3. The third-order valence-electron chi connectivity index (χ3n) is 3.29. The van der Waals surface area contributed by atoms with Gasteiger partial charge in [0.05, 0.1) is 0 Å². The van der Waals surface area contributed by atoms with Gasteiger partial charge in [-0.2, -0.15) is 0 Å². The minimum Gasteiger partial charge on any atom is -0.462 e. The third-order valence-corrected chi connectivity index (χ3v) is 26.6. The Morgan fingerprint density at radius 2 is 1.76 bits per heavy atom. The lowest BCUT2D eigenvalue weighted by Crippen LogP contribution is -2.57. The molecule has 2 unspecified atom stereocenters. The molecule has 0 radical (unpaired) electrons. The summed E-state index contributed by atoms with van der Waals surface area (Å²) in [5.74, 6) is 0. The van der Waals surface area contributed by atoms with E-state index in [4.69, 9.17) is 12.3 Å². The van der Waals surface area contributed by atoms with Crippen molar-refractivity contribution >= 4 is 58.9 Å². The Labute approximate surface area is 140 Å². The zero-order valence-electron chi connectivity index (χ0n) is 13.7. The Morgan fingerprint density at radius 3 is 2.33 bits per heavy atom. The molecule has 0 aromatic heterocycles. The van der Waals surface area contributed by atoms with E-state index >= 15 is 0 Å². The predicted octanol–water partition coefficient (Wildman–Crippen LogP) is -0.756. The second kappa shape index (κ2) is 10.0. The summed E-state index contributed by atoms with van der Waals surface area (Å²) in [6.45, 7) is 12.9. The van der Waals surface area contributed by atoms with Crippen LogP contribution in [0, 0.1) is 0 Å². The van der Waals surface area contributed by atoms with Gasteiger partial charge < -0.3 is 12.3 Å². The highest BCUT2D eigenvalue weighted by molar-refractivity contribution is 7.28. The van der Waals surface area contributed by atoms with Gasteiger partial charge in [0, 0.05) is 0 Å². The maximum Gasteiger partial charge on any atom is 0.217 e. The van der Waals surface area contributed by atoms with Gasteiger partial charge >= 0.3 is 0 Å². The summed E-state index contributed by atoms with van der Waals surface area (Å²) < 4.78 is 18.6. The molecule has 1 aromatic carbocycles. The number of hydrogen-bond donors (Lipinski definition) is 0. The van der Waals surface area contributed by atoms with E-state index in [9.17, 15) is 0 Å². The fourth-order valence-electron chi connectivity index (χ4n) is 1.89. The molecule has 0 heterocycles. The fourth-order valence-corrected chi connectivity index (χ4v) is 31.8. The predicted molar refractivity (Wildman–Crippen MR) is 109 cm³/mol. The van der Waals surface area contributed by atoms with Crippen LogP contribution >= 0.6 is 0 Å². The standard InChI is InChI=1S/C12H28O3Si6/c1-6-20(4)13-16-17-15-21(5,18-14-19(2)3)12-10-8-7-9-11-12/h6-11,19-20H,1,16-18H2,2-5H3. The van der Waals surface area contributed by atoms with E-state index < -0.39 is 53.8 Å². The fraction of sp³-hybridized carbons (Fsp3) is 0.333. The molecule has 0 fully saturated rings. The van der Waals surface area contributed by atoms with Crippen LogP contribution in [0.2, 0.25) is 26.2 Å². The first-order valence-electron chi connectivity index (χ1n) is 7.53. The van der Waals surface area contributed by atoms with E-state index in [-0.39, 0.29) is 0 Å². The summed E-state index contributed by atoms with van der Waals surface area (Å²) in [5, 5.41) is 1.40. The molecule has 1 aromatic rings. The van der Waals surface area contributed by atoms with Gasteiger partial charge in [0.15, 0.2) is 45.9 Å². The van der Waals surface area contributed by atoms with Gasteiger partial charge in [-0.05, 0) is 31.4 Å². The molecule has 0 saturated heterocycles. The monoisotopic (exact) mass is 388 g/mol. The lowest BCUT2D eigenvalue weighted by atomic mass is 10.4. The topological polar surface area (TPSA) is 27.7 Å². The van der Waals surface area contributed by atoms with Crippen LogP contribution in [0.5, 0.6) is 0 Å². The van der Waals surface area contributed by atoms with E-state index in [0.717, 1.165) is 0 Å². The van der Waals surface area contributed by atoms with Gasteiger partial charge in [-0.15, -0.1) is 6.58 Å². The molecule has 21 heavy (non-hydrogen) atoms. The van der Waals surface area contributed by atoms with Crippen molar-refractivity contribution in [2.75, 3.05) is 0 Å². The van der Waals surface area contributed by atoms with E-state index in [1.54, 1.807) is 0 Å². The Kier molecular flexibility index (Phi) is 9.15. The highest BCUT2D eigenvalue weighted by Crippen LogP contribution is 2.05. The zero-order valence-corrected chi connectivity index (χ0v) is 21.2. The molecule has 0 saturated carbocycles. The normalized spacial score (nSPS) is 17.4. The van der Waals surface area contributed by atoms with Crippen molar-refractivity contribution < 1.29 is 12.3 Å². The Balaban J connectivity index is 2.62. The first-order valence-corrected chi connectivity index (χ1v) is 23.1. The molecule has 0 spiro atoms. The molecule has 0 aliphatic carbocycles. The Hall–Kier alpha value is 0.141. The van der Waals surface area contributed by atoms with Crippen molar-refractivity contribution in [3.63, 3.8) is 0 Å². The van der Waals surface area contributed by atoms with Crippen molar-refractivity contribution in [3.8, 4) is 0 Å². The Morgan fingerprint density at radius 1 is 1.10 bits per heavy atom. The van der Waals surface area contributed by atoms with Crippen LogP contribution in [0.25, 0.3) is 0 Å². The van der Waals surface area contributed by atoms with Crippen molar-refractivity contribution in [2.24, 2.45) is 0 Å². The van der Waals surface area contributed by atoms with Crippen LogP contribution in [-0.2, 0) is 12.3 Å². The minimum absolute atomic E-state index is 0.448. The summed E-state index contributed by atoms with van der Waals surface area (Å²) >= 11 is 0. The van der Waals surface area contributed by atoms with Crippen LogP contribution in [0.15, 0.2) is 42.6 Å².